The van der Waals surface area contributed by atoms with Crippen molar-refractivity contribution in [1.82, 2.24) is 0 Å². The minimum absolute atomic E-state index is 0.272. The van der Waals surface area contributed by atoms with Crippen molar-refractivity contribution in [3.8, 4) is 5.75 Å². The lowest BCUT2D eigenvalue weighted by molar-refractivity contribution is 0.168. The van der Waals surface area contributed by atoms with Gasteiger partial charge in [0, 0.05) is 6.61 Å². The molecule has 1 fully saturated rings. The fourth-order valence-corrected chi connectivity index (χ4v) is 6.88. The Balaban J connectivity index is 2.05. The van der Waals surface area contributed by atoms with Gasteiger partial charge in [-0.15, -0.1) is 0 Å². The molecule has 1 aromatic carbocycles. The minimum Gasteiger partial charge on any atom is -0.508 e. The highest BCUT2D eigenvalue weighted by molar-refractivity contribution is 8.41. The molecule has 1 aliphatic rings. The van der Waals surface area contributed by atoms with Crippen LogP contribution < -0.4 is 0 Å². The third-order valence-corrected chi connectivity index (χ3v) is 7.94. The Morgan fingerprint density at radius 3 is 2.62 bits per heavy atom. The van der Waals surface area contributed by atoms with Gasteiger partial charge in [-0.3, -0.25) is 0 Å². The second-order valence-electron chi connectivity index (χ2n) is 8.85. The summed E-state index contributed by atoms with van der Waals surface area (Å²) in [6.07, 6.45) is 10.7. The molecule has 0 amide bonds. The molecule has 1 aromatic rings. The summed E-state index contributed by atoms with van der Waals surface area (Å²) in [5, 5.41) is 19.5. The van der Waals surface area contributed by atoms with Crippen LogP contribution in [0.5, 0.6) is 5.75 Å². The molecule has 7 atom stereocenters. The first-order valence-electron chi connectivity index (χ1n) is 11.3. The third-order valence-electron chi connectivity index (χ3n) is 6.67. The Hall–Kier alpha value is 0.230. The SMILES string of the molecule is CCCCC[C@@H](CC[C@@H]1[C@@H](Cc2cccc(O)c2)[C@@H](CCO)C[C@H]1C)OP(P)P. The monoisotopic (exact) mass is 458 g/mol. The van der Waals surface area contributed by atoms with Crippen molar-refractivity contribution in [3.63, 3.8) is 0 Å². The first kappa shape index (κ1) is 25.5. The summed E-state index contributed by atoms with van der Waals surface area (Å²) in [6, 6.07) is 7.72. The molecule has 3 nitrogen and oxygen atoms in total. The molecule has 2 unspecified atom stereocenters. The number of unbranched alkanes of at least 4 members (excludes halogenated alkanes) is 2. The van der Waals surface area contributed by atoms with E-state index in [1.54, 1.807) is 6.07 Å². The number of hydrogen-bond donors (Lipinski definition) is 2. The van der Waals surface area contributed by atoms with Crippen molar-refractivity contribution in [3.05, 3.63) is 29.8 Å². The average Bonchev–Trinajstić information content (AvgIpc) is 2.94. The van der Waals surface area contributed by atoms with Crippen LogP contribution >= 0.6 is 25.4 Å². The number of aliphatic hydroxyl groups excluding tert-OH is 1. The Morgan fingerprint density at radius 2 is 1.97 bits per heavy atom. The summed E-state index contributed by atoms with van der Waals surface area (Å²) in [6.45, 7) is 4.91. The van der Waals surface area contributed by atoms with Gasteiger partial charge in [-0.1, -0.05) is 63.1 Å². The average molecular weight is 459 g/mol. The standard InChI is InChI=1S/C23H41O3P3/c1-3-4-5-9-21(26-29(27)28)10-11-22-17(2)14-19(12-13-24)23(22)16-18-7-6-8-20(25)15-18/h6-8,15,17,19,21-25H,3-5,9-14,16,27-28H2,1-2H3/t17-,19+,21+,22+,23+/m1/s1. The lowest BCUT2D eigenvalue weighted by Gasteiger charge is -2.28. The maximum atomic E-state index is 9.88. The van der Waals surface area contributed by atoms with Crippen molar-refractivity contribution in [2.75, 3.05) is 6.61 Å². The Labute approximate surface area is 183 Å². The molecule has 1 saturated carbocycles. The highest BCUT2D eigenvalue weighted by Gasteiger charge is 2.40. The molecular formula is C23H41O3P3. The van der Waals surface area contributed by atoms with E-state index in [0.29, 0.717) is 35.5 Å². The number of phenolic OH excluding ortho intramolecular Hbond substituents is 1. The van der Waals surface area contributed by atoms with Crippen LogP contribution in [0.1, 0.15) is 70.8 Å². The summed E-state index contributed by atoms with van der Waals surface area (Å²) < 4.78 is 6.25. The number of hydrogen-bond acceptors (Lipinski definition) is 3. The fourth-order valence-electron chi connectivity index (χ4n) is 5.29. The maximum absolute atomic E-state index is 9.88. The zero-order valence-electron chi connectivity index (χ0n) is 18.2. The molecule has 0 aliphatic heterocycles. The van der Waals surface area contributed by atoms with Gasteiger partial charge in [0.2, 0.25) is 0 Å². The zero-order valence-corrected chi connectivity index (χ0v) is 21.4. The van der Waals surface area contributed by atoms with E-state index in [1.807, 2.05) is 12.1 Å². The highest BCUT2D eigenvalue weighted by atomic mass is 32.4. The molecule has 0 saturated heterocycles. The molecule has 1 aliphatic carbocycles. The second kappa shape index (κ2) is 13.6. The van der Waals surface area contributed by atoms with Crippen LogP contribution in [-0.2, 0) is 10.9 Å². The summed E-state index contributed by atoms with van der Waals surface area (Å²) in [4.78, 5) is 0. The van der Waals surface area contributed by atoms with Crippen molar-refractivity contribution in [2.45, 2.75) is 77.7 Å². The van der Waals surface area contributed by atoms with E-state index >= 15 is 0 Å². The molecule has 6 heteroatoms. The predicted molar refractivity (Wildman–Crippen MR) is 132 cm³/mol. The first-order valence-corrected chi connectivity index (χ1v) is 15.8. The van der Waals surface area contributed by atoms with Gasteiger partial charge in [-0.05, 0) is 79.9 Å². The lowest BCUT2D eigenvalue weighted by Crippen LogP contribution is -2.22. The lowest BCUT2D eigenvalue weighted by atomic mass is 9.79. The maximum Gasteiger partial charge on any atom is 0.115 e. The van der Waals surface area contributed by atoms with Crippen LogP contribution in [0.4, 0.5) is 0 Å². The van der Waals surface area contributed by atoms with Crippen molar-refractivity contribution in [1.29, 1.82) is 0 Å². The van der Waals surface area contributed by atoms with Gasteiger partial charge < -0.3 is 14.7 Å². The zero-order chi connectivity index (χ0) is 21.2. The van der Waals surface area contributed by atoms with E-state index < -0.39 is 7.53 Å². The molecule has 166 valence electrons. The van der Waals surface area contributed by atoms with Crippen LogP contribution in [-0.4, -0.2) is 22.9 Å². The number of phenols is 1. The molecule has 2 N–H and O–H groups in total. The number of aliphatic hydroxyl groups is 1. The second-order valence-corrected chi connectivity index (χ2v) is 14.6. The molecule has 0 bridgehead atoms. The number of rotatable bonds is 13. The normalized spacial score (nSPS) is 25.6. The fraction of sp³-hybridized carbons (Fsp3) is 0.739. The minimum atomic E-state index is -0.492. The summed E-state index contributed by atoms with van der Waals surface area (Å²) >= 11 is 0. The van der Waals surface area contributed by atoms with Gasteiger partial charge in [0.25, 0.3) is 0 Å². The topological polar surface area (TPSA) is 49.7 Å². The van der Waals surface area contributed by atoms with E-state index in [0.717, 1.165) is 25.7 Å². The molecule has 0 aromatic heterocycles. The van der Waals surface area contributed by atoms with Crippen LogP contribution in [0.25, 0.3) is 0 Å². The molecule has 2 rings (SSSR count). The van der Waals surface area contributed by atoms with Gasteiger partial charge >= 0.3 is 0 Å². The van der Waals surface area contributed by atoms with Gasteiger partial charge in [-0.25, -0.2) is 0 Å². The molecule has 0 radical (unpaired) electrons. The van der Waals surface area contributed by atoms with Crippen LogP contribution in [0, 0.1) is 23.7 Å². The molecule has 29 heavy (non-hydrogen) atoms. The summed E-state index contributed by atoms with van der Waals surface area (Å²) in [5.41, 5.74) is 1.21. The van der Waals surface area contributed by atoms with E-state index in [9.17, 15) is 10.2 Å². The van der Waals surface area contributed by atoms with Crippen LogP contribution in [0.2, 0.25) is 0 Å². The number of benzene rings is 1. The predicted octanol–water partition coefficient (Wildman–Crippen LogP) is 6.93. The molecule has 0 spiro atoms. The Morgan fingerprint density at radius 1 is 1.17 bits per heavy atom. The molecule has 0 heterocycles. The van der Waals surface area contributed by atoms with Gasteiger partial charge in [-0.2, -0.15) is 0 Å². The van der Waals surface area contributed by atoms with E-state index in [-0.39, 0.29) is 6.61 Å². The van der Waals surface area contributed by atoms with Gasteiger partial charge in [0.1, 0.15) is 5.75 Å². The molecular weight excluding hydrogens is 417 g/mol. The van der Waals surface area contributed by atoms with Crippen molar-refractivity contribution < 1.29 is 14.7 Å². The summed E-state index contributed by atoms with van der Waals surface area (Å²) in [5.74, 6) is 2.83. The van der Waals surface area contributed by atoms with E-state index in [4.69, 9.17) is 4.52 Å². The summed E-state index contributed by atoms with van der Waals surface area (Å²) in [7, 11) is 5.12. The number of aromatic hydroxyl groups is 1. The smallest absolute Gasteiger partial charge is 0.115 e. The van der Waals surface area contributed by atoms with Crippen LogP contribution in [0.15, 0.2) is 24.3 Å². The van der Waals surface area contributed by atoms with E-state index in [1.165, 1.54) is 37.7 Å². The Bertz CT molecular complexity index is 584. The van der Waals surface area contributed by atoms with Crippen molar-refractivity contribution in [2.24, 2.45) is 23.7 Å². The van der Waals surface area contributed by atoms with Crippen LogP contribution in [0.3, 0.4) is 0 Å². The first-order chi connectivity index (χ1) is 13.9. The van der Waals surface area contributed by atoms with Gasteiger partial charge in [0.05, 0.1) is 13.6 Å². The van der Waals surface area contributed by atoms with E-state index in [2.05, 4.69) is 37.8 Å². The quantitative estimate of drug-likeness (QED) is 0.249. The van der Waals surface area contributed by atoms with Crippen molar-refractivity contribution >= 4 is 25.4 Å². The third kappa shape index (κ3) is 8.71. The Kier molecular flexibility index (Phi) is 12.0. The highest BCUT2D eigenvalue weighted by Crippen LogP contribution is 2.55. The largest absolute Gasteiger partial charge is 0.508 e. The van der Waals surface area contributed by atoms with Gasteiger partial charge in [0.15, 0.2) is 0 Å².